The average Bonchev–Trinajstić information content (AvgIpc) is 2.51. The number of hydrogen-bond acceptors (Lipinski definition) is 3. The summed E-state index contributed by atoms with van der Waals surface area (Å²) in [5, 5.41) is 17.1. The molecule has 3 N–H and O–H groups in total. The van der Waals surface area contributed by atoms with Crippen LogP contribution in [0.25, 0.3) is 0 Å². The molecule has 1 amide bonds. The lowest BCUT2D eigenvalue weighted by Gasteiger charge is -2.06. The van der Waals surface area contributed by atoms with Crippen LogP contribution in [0, 0.1) is 6.92 Å². The third kappa shape index (κ3) is 2.32. The summed E-state index contributed by atoms with van der Waals surface area (Å²) in [5.41, 5.74) is 0.939. The van der Waals surface area contributed by atoms with E-state index in [0.717, 1.165) is 5.69 Å². The Bertz CT molecular complexity index is 358. The van der Waals surface area contributed by atoms with E-state index in [-0.39, 0.29) is 5.69 Å². The number of carbonyl (C=O) groups excluding carboxylic acids is 1. The second-order valence-corrected chi connectivity index (χ2v) is 2.97. The maximum atomic E-state index is 11.3. The fourth-order valence-electron chi connectivity index (χ4n) is 0.867. The van der Waals surface area contributed by atoms with E-state index in [4.69, 9.17) is 5.11 Å². The van der Waals surface area contributed by atoms with Crippen LogP contribution in [0.5, 0.6) is 0 Å². The minimum Gasteiger partial charge on any atom is -0.480 e. The number of carboxylic acid groups (broad SMARTS) is 1. The van der Waals surface area contributed by atoms with Crippen molar-refractivity contribution in [1.82, 2.24) is 15.5 Å². The highest BCUT2D eigenvalue weighted by molar-refractivity contribution is 5.94. The number of aromatic amines is 1. The number of amides is 1. The smallest absolute Gasteiger partial charge is 0.325 e. The van der Waals surface area contributed by atoms with Gasteiger partial charge in [-0.05, 0) is 19.9 Å². The van der Waals surface area contributed by atoms with Crippen LogP contribution in [0.15, 0.2) is 6.07 Å². The Morgan fingerprint density at radius 3 is 2.71 bits per heavy atom. The molecule has 6 nitrogen and oxygen atoms in total. The van der Waals surface area contributed by atoms with Crippen LogP contribution in [0.4, 0.5) is 0 Å². The molecular weight excluding hydrogens is 186 g/mol. The number of carbonyl (C=O) groups is 2. The minimum absolute atomic E-state index is 0.190. The van der Waals surface area contributed by atoms with E-state index in [9.17, 15) is 9.59 Å². The molecule has 0 saturated carbocycles. The first-order valence-electron chi connectivity index (χ1n) is 4.06. The molecule has 0 aliphatic heterocycles. The normalized spacial score (nSPS) is 12.1. The van der Waals surface area contributed by atoms with Gasteiger partial charge in [-0.1, -0.05) is 0 Å². The summed E-state index contributed by atoms with van der Waals surface area (Å²) in [6.07, 6.45) is 0. The van der Waals surface area contributed by atoms with Gasteiger partial charge >= 0.3 is 5.97 Å². The summed E-state index contributed by atoms with van der Waals surface area (Å²) in [6, 6.07) is 0.628. The van der Waals surface area contributed by atoms with Crippen molar-refractivity contribution in [2.75, 3.05) is 0 Å². The van der Waals surface area contributed by atoms with Crippen molar-refractivity contribution in [3.8, 4) is 0 Å². The van der Waals surface area contributed by atoms with Crippen LogP contribution in [0.2, 0.25) is 0 Å². The molecule has 1 aromatic rings. The summed E-state index contributed by atoms with van der Waals surface area (Å²) in [6.45, 7) is 3.14. The third-order valence-corrected chi connectivity index (χ3v) is 1.66. The first-order valence-corrected chi connectivity index (χ1v) is 4.06. The van der Waals surface area contributed by atoms with Crippen molar-refractivity contribution in [3.63, 3.8) is 0 Å². The zero-order valence-electron chi connectivity index (χ0n) is 7.87. The minimum atomic E-state index is -1.08. The Hall–Kier alpha value is -1.85. The zero-order chi connectivity index (χ0) is 10.7. The number of nitrogens with one attached hydrogen (secondary N) is 2. The van der Waals surface area contributed by atoms with Gasteiger partial charge in [0.05, 0.1) is 0 Å². The lowest BCUT2D eigenvalue weighted by molar-refractivity contribution is -0.138. The van der Waals surface area contributed by atoms with Gasteiger partial charge in [0.15, 0.2) is 0 Å². The first kappa shape index (κ1) is 10.2. The quantitative estimate of drug-likeness (QED) is 0.631. The van der Waals surface area contributed by atoms with Crippen molar-refractivity contribution in [3.05, 3.63) is 17.5 Å². The molecule has 0 fully saturated rings. The summed E-state index contributed by atoms with van der Waals surface area (Å²) >= 11 is 0. The largest absolute Gasteiger partial charge is 0.480 e. The van der Waals surface area contributed by atoms with Crippen molar-refractivity contribution >= 4 is 11.9 Å². The molecular formula is C8H11N3O3. The predicted octanol–water partition coefficient (Wildman–Crippen LogP) is -0.0790. The van der Waals surface area contributed by atoms with Gasteiger partial charge < -0.3 is 10.4 Å². The van der Waals surface area contributed by atoms with Gasteiger partial charge in [0.2, 0.25) is 0 Å². The van der Waals surface area contributed by atoms with E-state index in [1.165, 1.54) is 6.92 Å². The van der Waals surface area contributed by atoms with Gasteiger partial charge in [0.25, 0.3) is 5.91 Å². The number of aryl methyl sites for hydroxylation is 1. The van der Waals surface area contributed by atoms with Crippen LogP contribution in [0.1, 0.15) is 23.1 Å². The van der Waals surface area contributed by atoms with Crippen LogP contribution in [0.3, 0.4) is 0 Å². The van der Waals surface area contributed by atoms with Crippen molar-refractivity contribution in [2.45, 2.75) is 19.9 Å². The second-order valence-electron chi connectivity index (χ2n) is 2.97. The molecule has 0 spiro atoms. The van der Waals surface area contributed by atoms with E-state index < -0.39 is 17.9 Å². The van der Waals surface area contributed by atoms with E-state index in [0.29, 0.717) is 0 Å². The molecule has 1 aromatic heterocycles. The fraction of sp³-hybridized carbons (Fsp3) is 0.375. The van der Waals surface area contributed by atoms with Gasteiger partial charge in [0.1, 0.15) is 11.7 Å². The number of H-pyrrole nitrogens is 1. The maximum Gasteiger partial charge on any atom is 0.325 e. The van der Waals surface area contributed by atoms with Crippen molar-refractivity contribution in [1.29, 1.82) is 0 Å². The number of hydrogen-bond donors (Lipinski definition) is 3. The number of aliphatic carboxylic acids is 1. The summed E-state index contributed by atoms with van der Waals surface area (Å²) in [7, 11) is 0. The second kappa shape index (κ2) is 3.91. The highest BCUT2D eigenvalue weighted by Gasteiger charge is 2.16. The monoisotopic (exact) mass is 197 g/mol. The Kier molecular flexibility index (Phi) is 2.85. The van der Waals surface area contributed by atoms with Crippen molar-refractivity contribution in [2.24, 2.45) is 0 Å². The van der Waals surface area contributed by atoms with Gasteiger partial charge in [-0.2, -0.15) is 5.10 Å². The van der Waals surface area contributed by atoms with Crippen LogP contribution in [-0.4, -0.2) is 33.2 Å². The molecule has 0 bridgehead atoms. The average molecular weight is 197 g/mol. The van der Waals surface area contributed by atoms with E-state index in [2.05, 4.69) is 15.5 Å². The van der Waals surface area contributed by atoms with Gasteiger partial charge in [0, 0.05) is 5.69 Å². The Morgan fingerprint density at radius 2 is 2.29 bits per heavy atom. The van der Waals surface area contributed by atoms with E-state index in [1.807, 2.05) is 0 Å². The van der Waals surface area contributed by atoms with Gasteiger partial charge in [-0.25, -0.2) is 0 Å². The summed E-state index contributed by atoms with van der Waals surface area (Å²) in [4.78, 5) is 21.7. The summed E-state index contributed by atoms with van der Waals surface area (Å²) < 4.78 is 0. The van der Waals surface area contributed by atoms with E-state index in [1.54, 1.807) is 13.0 Å². The number of carboxylic acids is 1. The Labute approximate surface area is 80.3 Å². The van der Waals surface area contributed by atoms with E-state index >= 15 is 0 Å². The number of rotatable bonds is 3. The lowest BCUT2D eigenvalue weighted by Crippen LogP contribution is -2.38. The molecule has 1 atom stereocenters. The molecule has 76 valence electrons. The molecule has 0 aliphatic carbocycles. The third-order valence-electron chi connectivity index (χ3n) is 1.66. The SMILES string of the molecule is Cc1cc(C(=O)N[C@@H](C)C(=O)O)n[nH]1. The van der Waals surface area contributed by atoms with Gasteiger partial charge in [-0.15, -0.1) is 0 Å². The highest BCUT2D eigenvalue weighted by atomic mass is 16.4. The predicted molar refractivity (Wildman–Crippen MR) is 47.9 cm³/mol. The highest BCUT2D eigenvalue weighted by Crippen LogP contribution is 1.97. The topological polar surface area (TPSA) is 95.1 Å². The Balaban J connectivity index is 2.63. The molecule has 0 saturated heterocycles. The molecule has 0 unspecified atom stereocenters. The number of aromatic nitrogens is 2. The van der Waals surface area contributed by atoms with Crippen LogP contribution < -0.4 is 5.32 Å². The van der Waals surface area contributed by atoms with Crippen LogP contribution >= 0.6 is 0 Å². The molecule has 1 rings (SSSR count). The first-order chi connectivity index (χ1) is 6.50. The molecule has 0 aromatic carbocycles. The molecule has 14 heavy (non-hydrogen) atoms. The molecule has 6 heteroatoms. The maximum absolute atomic E-state index is 11.3. The Morgan fingerprint density at radius 1 is 1.64 bits per heavy atom. The standard InChI is InChI=1S/C8H11N3O3/c1-4-3-6(11-10-4)7(12)9-5(2)8(13)14/h3,5H,1-2H3,(H,9,12)(H,10,11)(H,13,14)/t5-/m0/s1. The van der Waals surface area contributed by atoms with Crippen LogP contribution in [-0.2, 0) is 4.79 Å². The lowest BCUT2D eigenvalue weighted by atomic mass is 10.3. The number of nitrogens with zero attached hydrogens (tertiary/aromatic N) is 1. The molecule has 1 heterocycles. The molecule has 0 aliphatic rings. The fourth-order valence-corrected chi connectivity index (χ4v) is 0.867. The van der Waals surface area contributed by atoms with Gasteiger partial charge in [-0.3, -0.25) is 14.7 Å². The van der Waals surface area contributed by atoms with Crippen molar-refractivity contribution < 1.29 is 14.7 Å². The summed E-state index contributed by atoms with van der Waals surface area (Å²) in [5.74, 6) is -1.57. The molecule has 0 radical (unpaired) electrons. The zero-order valence-corrected chi connectivity index (χ0v) is 7.87.